The summed E-state index contributed by atoms with van der Waals surface area (Å²) < 4.78 is 14.8. The summed E-state index contributed by atoms with van der Waals surface area (Å²) in [5.74, 6) is 0.830. The van der Waals surface area contributed by atoms with Crippen molar-refractivity contribution in [1.29, 1.82) is 0 Å². The van der Waals surface area contributed by atoms with E-state index in [-0.39, 0.29) is 5.82 Å². The van der Waals surface area contributed by atoms with Crippen LogP contribution in [0.3, 0.4) is 0 Å². The van der Waals surface area contributed by atoms with Crippen molar-refractivity contribution in [2.24, 2.45) is 0 Å². The molecule has 0 amide bonds. The Morgan fingerprint density at radius 3 is 2.68 bits per heavy atom. The van der Waals surface area contributed by atoms with Crippen LogP contribution >= 0.6 is 0 Å². The van der Waals surface area contributed by atoms with E-state index in [4.69, 9.17) is 0 Å². The minimum absolute atomic E-state index is 0.281. The van der Waals surface area contributed by atoms with Crippen LogP contribution in [0.5, 0.6) is 0 Å². The molecule has 0 aliphatic rings. The number of aliphatic hydroxyl groups excluding tert-OH is 1. The van der Waals surface area contributed by atoms with Crippen LogP contribution in [0, 0.1) is 12.7 Å². The largest absolute Gasteiger partial charge is 0.389 e. The van der Waals surface area contributed by atoms with Gasteiger partial charge in [-0.25, -0.2) is 19.0 Å². The molecule has 0 bridgehead atoms. The summed E-state index contributed by atoms with van der Waals surface area (Å²) in [5, 5.41) is 21.4. The SMILES string of the molecule is Cc1nc(Nc2cccc([C@@H](C)O)c2)c2nnn(Cc3ccc(F)cc3)c2n1. The van der Waals surface area contributed by atoms with Gasteiger partial charge in [0.05, 0.1) is 12.6 Å². The summed E-state index contributed by atoms with van der Waals surface area (Å²) in [7, 11) is 0. The maximum atomic E-state index is 13.1. The lowest BCUT2D eigenvalue weighted by Gasteiger charge is -2.10. The monoisotopic (exact) mass is 378 g/mol. The quantitative estimate of drug-likeness (QED) is 0.552. The molecule has 0 saturated heterocycles. The molecule has 2 aromatic carbocycles. The Hall–Kier alpha value is -3.39. The van der Waals surface area contributed by atoms with E-state index in [9.17, 15) is 9.50 Å². The van der Waals surface area contributed by atoms with Crippen molar-refractivity contribution in [2.75, 3.05) is 5.32 Å². The summed E-state index contributed by atoms with van der Waals surface area (Å²) in [6.07, 6.45) is -0.564. The maximum absolute atomic E-state index is 13.1. The predicted octanol–water partition coefficient (Wildman–Crippen LogP) is 3.51. The molecule has 0 aliphatic carbocycles. The summed E-state index contributed by atoms with van der Waals surface area (Å²) >= 11 is 0. The number of nitrogens with one attached hydrogen (secondary N) is 1. The number of aliphatic hydroxyl groups is 1. The van der Waals surface area contributed by atoms with Gasteiger partial charge in [0.1, 0.15) is 11.6 Å². The van der Waals surface area contributed by atoms with Crippen LogP contribution in [0.2, 0.25) is 0 Å². The minimum Gasteiger partial charge on any atom is -0.389 e. The Morgan fingerprint density at radius 1 is 1.14 bits per heavy atom. The van der Waals surface area contributed by atoms with E-state index in [1.54, 1.807) is 30.7 Å². The molecule has 1 atom stereocenters. The Bertz CT molecular complexity index is 1120. The third-order valence-corrected chi connectivity index (χ3v) is 4.35. The molecule has 0 saturated carbocycles. The Balaban J connectivity index is 1.69. The van der Waals surface area contributed by atoms with Crippen LogP contribution in [0.15, 0.2) is 48.5 Å². The lowest BCUT2D eigenvalue weighted by atomic mass is 10.1. The highest BCUT2D eigenvalue weighted by atomic mass is 19.1. The molecule has 2 heterocycles. The summed E-state index contributed by atoms with van der Waals surface area (Å²) in [5.41, 5.74) is 3.60. The molecule has 8 heteroatoms. The third-order valence-electron chi connectivity index (χ3n) is 4.35. The fourth-order valence-electron chi connectivity index (χ4n) is 2.93. The first-order valence-electron chi connectivity index (χ1n) is 8.87. The Labute approximate surface area is 160 Å². The Kier molecular flexibility index (Phi) is 4.70. The fraction of sp³-hybridized carbons (Fsp3) is 0.200. The molecule has 0 aliphatic heterocycles. The number of anilines is 2. The highest BCUT2D eigenvalue weighted by molar-refractivity contribution is 5.84. The number of hydrogen-bond acceptors (Lipinski definition) is 6. The second kappa shape index (κ2) is 7.32. The molecule has 142 valence electrons. The molecule has 2 aromatic heterocycles. The number of fused-ring (bicyclic) bond motifs is 1. The molecular weight excluding hydrogens is 359 g/mol. The zero-order chi connectivity index (χ0) is 19.7. The van der Waals surface area contributed by atoms with Crippen LogP contribution in [0.25, 0.3) is 11.2 Å². The van der Waals surface area contributed by atoms with Crippen molar-refractivity contribution in [2.45, 2.75) is 26.5 Å². The van der Waals surface area contributed by atoms with Crippen LogP contribution in [0.1, 0.15) is 30.0 Å². The van der Waals surface area contributed by atoms with E-state index >= 15 is 0 Å². The average molecular weight is 378 g/mol. The number of rotatable bonds is 5. The zero-order valence-electron chi connectivity index (χ0n) is 15.5. The minimum atomic E-state index is -0.564. The third kappa shape index (κ3) is 3.67. The van der Waals surface area contributed by atoms with Gasteiger partial charge in [0.25, 0.3) is 0 Å². The van der Waals surface area contributed by atoms with Crippen LogP contribution < -0.4 is 5.32 Å². The molecular formula is C20H19FN6O. The highest BCUT2D eigenvalue weighted by Gasteiger charge is 2.14. The van der Waals surface area contributed by atoms with Crippen molar-refractivity contribution in [1.82, 2.24) is 25.0 Å². The maximum Gasteiger partial charge on any atom is 0.184 e. The van der Waals surface area contributed by atoms with Gasteiger partial charge in [-0.3, -0.25) is 0 Å². The molecule has 0 radical (unpaired) electrons. The summed E-state index contributed by atoms with van der Waals surface area (Å²) in [6.45, 7) is 3.93. The van der Waals surface area contributed by atoms with E-state index in [0.29, 0.717) is 29.4 Å². The van der Waals surface area contributed by atoms with Gasteiger partial charge in [-0.15, -0.1) is 5.10 Å². The van der Waals surface area contributed by atoms with Gasteiger partial charge in [0.2, 0.25) is 0 Å². The van der Waals surface area contributed by atoms with E-state index in [1.165, 1.54) is 12.1 Å². The molecule has 7 nitrogen and oxygen atoms in total. The van der Waals surface area contributed by atoms with Crippen molar-refractivity contribution in [3.05, 3.63) is 71.3 Å². The van der Waals surface area contributed by atoms with Crippen LogP contribution in [0.4, 0.5) is 15.9 Å². The standard InChI is InChI=1S/C20H19FN6O/c1-12(28)15-4-3-5-17(10-15)24-19-18-20(23-13(2)22-19)27(26-25-18)11-14-6-8-16(21)9-7-14/h3-10,12,28H,11H2,1-2H3,(H,22,23,24)/t12-/m1/s1. The topological polar surface area (TPSA) is 88.8 Å². The van der Waals surface area contributed by atoms with Gasteiger partial charge >= 0.3 is 0 Å². The fourth-order valence-corrected chi connectivity index (χ4v) is 2.93. The second-order valence-corrected chi connectivity index (χ2v) is 6.59. The van der Waals surface area contributed by atoms with Crippen molar-refractivity contribution < 1.29 is 9.50 Å². The number of aryl methyl sites for hydroxylation is 1. The van der Waals surface area contributed by atoms with Gasteiger partial charge in [-0.2, -0.15) is 0 Å². The van der Waals surface area contributed by atoms with Gasteiger partial charge in [-0.1, -0.05) is 29.5 Å². The van der Waals surface area contributed by atoms with E-state index in [1.807, 2.05) is 24.3 Å². The first-order chi connectivity index (χ1) is 13.5. The summed E-state index contributed by atoms with van der Waals surface area (Å²) in [4.78, 5) is 8.92. The number of nitrogens with zero attached hydrogens (tertiary/aromatic N) is 5. The number of aromatic nitrogens is 5. The predicted molar refractivity (Wildman–Crippen MR) is 104 cm³/mol. The molecule has 0 fully saturated rings. The van der Waals surface area contributed by atoms with Crippen molar-refractivity contribution in [3.63, 3.8) is 0 Å². The van der Waals surface area contributed by atoms with Crippen LogP contribution in [-0.2, 0) is 6.54 Å². The number of benzene rings is 2. The molecule has 0 spiro atoms. The molecule has 0 unspecified atom stereocenters. The van der Waals surface area contributed by atoms with Crippen molar-refractivity contribution >= 4 is 22.7 Å². The van der Waals surface area contributed by atoms with Crippen LogP contribution in [-0.4, -0.2) is 30.1 Å². The first-order valence-corrected chi connectivity index (χ1v) is 8.87. The molecule has 4 aromatic rings. The molecule has 4 rings (SSSR count). The smallest absolute Gasteiger partial charge is 0.184 e. The zero-order valence-corrected chi connectivity index (χ0v) is 15.5. The highest BCUT2D eigenvalue weighted by Crippen LogP contribution is 2.24. The van der Waals surface area contributed by atoms with Gasteiger partial charge in [0.15, 0.2) is 17.0 Å². The summed E-state index contributed by atoms with van der Waals surface area (Å²) in [6, 6.07) is 13.7. The second-order valence-electron chi connectivity index (χ2n) is 6.59. The normalized spacial score (nSPS) is 12.3. The van der Waals surface area contributed by atoms with E-state index in [0.717, 1.165) is 16.8 Å². The molecule has 2 N–H and O–H groups in total. The number of hydrogen-bond donors (Lipinski definition) is 2. The van der Waals surface area contributed by atoms with E-state index in [2.05, 4.69) is 25.6 Å². The average Bonchev–Trinajstić information content (AvgIpc) is 3.06. The Morgan fingerprint density at radius 2 is 1.93 bits per heavy atom. The lowest BCUT2D eigenvalue weighted by Crippen LogP contribution is -2.05. The van der Waals surface area contributed by atoms with Gasteiger partial charge in [0, 0.05) is 5.69 Å². The molecule has 28 heavy (non-hydrogen) atoms. The number of halogens is 1. The lowest BCUT2D eigenvalue weighted by molar-refractivity contribution is 0.199. The van der Waals surface area contributed by atoms with E-state index < -0.39 is 6.10 Å². The van der Waals surface area contributed by atoms with Gasteiger partial charge < -0.3 is 10.4 Å². The van der Waals surface area contributed by atoms with Crippen molar-refractivity contribution in [3.8, 4) is 0 Å². The first kappa shape index (κ1) is 18.0. The van der Waals surface area contributed by atoms with Gasteiger partial charge in [-0.05, 0) is 49.2 Å².